The lowest BCUT2D eigenvalue weighted by molar-refractivity contribution is -0.138. The lowest BCUT2D eigenvalue weighted by atomic mass is 10.1. The van der Waals surface area contributed by atoms with Gasteiger partial charge in [0.1, 0.15) is 6.04 Å². The molecule has 92 valence electrons. The van der Waals surface area contributed by atoms with Gasteiger partial charge in [-0.25, -0.2) is 0 Å². The summed E-state index contributed by atoms with van der Waals surface area (Å²) in [5.41, 5.74) is 6.46. The van der Waals surface area contributed by atoms with Gasteiger partial charge in [-0.15, -0.1) is 0 Å². The molecule has 0 aliphatic heterocycles. The van der Waals surface area contributed by atoms with Gasteiger partial charge < -0.3 is 10.8 Å². The van der Waals surface area contributed by atoms with Crippen molar-refractivity contribution in [3.63, 3.8) is 0 Å². The summed E-state index contributed by atoms with van der Waals surface area (Å²) < 4.78 is 0. The molecule has 4 heteroatoms. The van der Waals surface area contributed by atoms with E-state index >= 15 is 0 Å². The number of carboxylic acids is 1. The highest BCUT2D eigenvalue weighted by Crippen LogP contribution is 2.00. The Morgan fingerprint density at radius 3 is 2.71 bits per heavy atom. The maximum atomic E-state index is 10.4. The standard InChI is InChI=1S/C13H18N2O2/c14-12(13(16)17)8-4-5-9-15-10-11-6-2-1-3-7-11/h1-3,6-7,10,12H,4-5,8-9,14H2,(H,16,17)/t12-/m0/s1. The Morgan fingerprint density at radius 2 is 2.06 bits per heavy atom. The van der Waals surface area contributed by atoms with Crippen LogP contribution in [0.25, 0.3) is 0 Å². The van der Waals surface area contributed by atoms with Crippen molar-refractivity contribution in [2.75, 3.05) is 6.54 Å². The van der Waals surface area contributed by atoms with Crippen LogP contribution in [-0.2, 0) is 4.79 Å². The first kappa shape index (κ1) is 13.4. The van der Waals surface area contributed by atoms with Crippen molar-refractivity contribution in [3.8, 4) is 0 Å². The molecule has 1 atom stereocenters. The smallest absolute Gasteiger partial charge is 0.320 e. The van der Waals surface area contributed by atoms with Crippen molar-refractivity contribution < 1.29 is 9.90 Å². The summed E-state index contributed by atoms with van der Waals surface area (Å²) in [7, 11) is 0. The van der Waals surface area contributed by atoms with Gasteiger partial charge in [-0.2, -0.15) is 0 Å². The number of benzene rings is 1. The second-order valence-electron chi connectivity index (χ2n) is 3.89. The van der Waals surface area contributed by atoms with Crippen LogP contribution in [0, 0.1) is 0 Å². The Kier molecular flexibility index (Phi) is 5.96. The highest BCUT2D eigenvalue weighted by Gasteiger charge is 2.09. The van der Waals surface area contributed by atoms with Crippen LogP contribution in [0.4, 0.5) is 0 Å². The van der Waals surface area contributed by atoms with E-state index in [0.717, 1.165) is 18.4 Å². The predicted molar refractivity (Wildman–Crippen MR) is 68.4 cm³/mol. The Bertz CT molecular complexity index is 363. The zero-order valence-electron chi connectivity index (χ0n) is 9.75. The first-order valence-electron chi connectivity index (χ1n) is 5.73. The van der Waals surface area contributed by atoms with Gasteiger partial charge in [0.25, 0.3) is 0 Å². The van der Waals surface area contributed by atoms with E-state index in [1.807, 2.05) is 36.5 Å². The molecule has 3 N–H and O–H groups in total. The number of aliphatic carboxylic acids is 1. The van der Waals surface area contributed by atoms with E-state index in [1.165, 1.54) is 0 Å². The molecule has 0 unspecified atom stereocenters. The second kappa shape index (κ2) is 7.57. The molecule has 0 radical (unpaired) electrons. The molecule has 0 bridgehead atoms. The van der Waals surface area contributed by atoms with Gasteiger partial charge in [-0.1, -0.05) is 30.3 Å². The van der Waals surface area contributed by atoms with E-state index in [0.29, 0.717) is 13.0 Å². The minimum Gasteiger partial charge on any atom is -0.480 e. The summed E-state index contributed by atoms with van der Waals surface area (Å²) in [4.78, 5) is 14.7. The molecular weight excluding hydrogens is 216 g/mol. The normalized spacial score (nSPS) is 12.8. The van der Waals surface area contributed by atoms with Gasteiger partial charge in [0, 0.05) is 12.8 Å². The molecule has 0 aromatic heterocycles. The molecule has 0 amide bonds. The summed E-state index contributed by atoms with van der Waals surface area (Å²) in [6, 6.07) is 9.13. The molecule has 17 heavy (non-hydrogen) atoms. The van der Waals surface area contributed by atoms with Crippen molar-refractivity contribution in [2.45, 2.75) is 25.3 Å². The lowest BCUT2D eigenvalue weighted by Crippen LogP contribution is -2.29. The summed E-state index contributed by atoms with van der Waals surface area (Å²) in [6.45, 7) is 0.710. The number of aliphatic imine (C=N–C) groups is 1. The Balaban J connectivity index is 2.12. The van der Waals surface area contributed by atoms with Crippen LogP contribution in [0.3, 0.4) is 0 Å². The summed E-state index contributed by atoms with van der Waals surface area (Å²) in [5.74, 6) is -0.933. The van der Waals surface area contributed by atoms with Crippen LogP contribution in [0.15, 0.2) is 35.3 Å². The zero-order valence-corrected chi connectivity index (χ0v) is 9.75. The Hall–Kier alpha value is -1.68. The van der Waals surface area contributed by atoms with Crippen LogP contribution < -0.4 is 5.73 Å². The molecule has 0 aliphatic carbocycles. The Morgan fingerprint density at radius 1 is 1.35 bits per heavy atom. The largest absolute Gasteiger partial charge is 0.480 e. The van der Waals surface area contributed by atoms with Crippen LogP contribution >= 0.6 is 0 Å². The number of nitrogens with two attached hydrogens (primary N) is 1. The number of carbonyl (C=O) groups is 1. The third-order valence-corrected chi connectivity index (χ3v) is 2.41. The fraction of sp³-hybridized carbons (Fsp3) is 0.385. The van der Waals surface area contributed by atoms with E-state index in [1.54, 1.807) is 0 Å². The molecule has 4 nitrogen and oxygen atoms in total. The monoisotopic (exact) mass is 234 g/mol. The Labute approximate surface area is 101 Å². The summed E-state index contributed by atoms with van der Waals surface area (Å²) >= 11 is 0. The van der Waals surface area contributed by atoms with E-state index in [9.17, 15) is 4.79 Å². The number of carboxylic acid groups (broad SMARTS) is 1. The van der Waals surface area contributed by atoms with Gasteiger partial charge in [-0.3, -0.25) is 9.79 Å². The van der Waals surface area contributed by atoms with Crippen molar-refractivity contribution in [3.05, 3.63) is 35.9 Å². The fourth-order valence-corrected chi connectivity index (χ4v) is 1.40. The minimum atomic E-state index is -0.933. The molecule has 0 heterocycles. The number of rotatable bonds is 7. The van der Waals surface area contributed by atoms with Crippen molar-refractivity contribution >= 4 is 12.2 Å². The highest BCUT2D eigenvalue weighted by molar-refractivity contribution is 5.79. The molecule has 1 aromatic carbocycles. The third kappa shape index (κ3) is 5.82. The average Bonchev–Trinajstić information content (AvgIpc) is 2.34. The molecule has 0 saturated heterocycles. The molecule has 1 aromatic rings. The first-order valence-corrected chi connectivity index (χ1v) is 5.73. The van der Waals surface area contributed by atoms with Crippen LogP contribution in [0.5, 0.6) is 0 Å². The van der Waals surface area contributed by atoms with Gasteiger partial charge in [0.15, 0.2) is 0 Å². The predicted octanol–water partition coefficient (Wildman–Crippen LogP) is 1.69. The SMILES string of the molecule is N[C@@H](CCCCN=Cc1ccccc1)C(=O)O. The van der Waals surface area contributed by atoms with Crippen LogP contribution in [-0.4, -0.2) is 29.9 Å². The first-order chi connectivity index (χ1) is 8.20. The van der Waals surface area contributed by atoms with Crippen molar-refractivity contribution in [1.82, 2.24) is 0 Å². The fourth-order valence-electron chi connectivity index (χ4n) is 1.40. The summed E-state index contributed by atoms with van der Waals surface area (Å²) in [5, 5.41) is 8.58. The maximum absolute atomic E-state index is 10.4. The number of hydrogen-bond acceptors (Lipinski definition) is 3. The van der Waals surface area contributed by atoms with Gasteiger partial charge >= 0.3 is 5.97 Å². The molecule has 1 rings (SSSR count). The quantitative estimate of drug-likeness (QED) is 0.556. The van der Waals surface area contributed by atoms with Crippen molar-refractivity contribution in [2.24, 2.45) is 10.7 Å². The van der Waals surface area contributed by atoms with Gasteiger partial charge in [0.2, 0.25) is 0 Å². The van der Waals surface area contributed by atoms with Crippen LogP contribution in [0.1, 0.15) is 24.8 Å². The van der Waals surface area contributed by atoms with Crippen molar-refractivity contribution in [1.29, 1.82) is 0 Å². The second-order valence-corrected chi connectivity index (χ2v) is 3.89. The van der Waals surface area contributed by atoms with Crippen LogP contribution in [0.2, 0.25) is 0 Å². The number of nitrogens with zero attached hydrogens (tertiary/aromatic N) is 1. The molecule has 0 aliphatic rings. The van der Waals surface area contributed by atoms with Gasteiger partial charge in [0.05, 0.1) is 0 Å². The van der Waals surface area contributed by atoms with E-state index < -0.39 is 12.0 Å². The van der Waals surface area contributed by atoms with Gasteiger partial charge in [-0.05, 0) is 24.8 Å². The minimum absolute atomic E-state index is 0.510. The molecule has 0 saturated carbocycles. The van der Waals surface area contributed by atoms with E-state index in [4.69, 9.17) is 10.8 Å². The third-order valence-electron chi connectivity index (χ3n) is 2.41. The summed E-state index contributed by atoms with van der Waals surface area (Å²) in [6.07, 6.45) is 4.00. The topological polar surface area (TPSA) is 75.7 Å². The molecule has 0 spiro atoms. The van der Waals surface area contributed by atoms with E-state index in [2.05, 4.69) is 4.99 Å². The number of hydrogen-bond donors (Lipinski definition) is 2. The number of unbranched alkanes of at least 4 members (excludes halogenated alkanes) is 1. The lowest BCUT2D eigenvalue weighted by Gasteiger charge is -2.04. The van der Waals surface area contributed by atoms with E-state index in [-0.39, 0.29) is 0 Å². The maximum Gasteiger partial charge on any atom is 0.320 e. The zero-order chi connectivity index (χ0) is 12.5. The highest BCUT2D eigenvalue weighted by atomic mass is 16.4. The molecular formula is C13H18N2O2. The average molecular weight is 234 g/mol. The molecule has 0 fully saturated rings.